The third kappa shape index (κ3) is 5.72. The summed E-state index contributed by atoms with van der Waals surface area (Å²) in [5, 5.41) is 5.49. The van der Waals surface area contributed by atoms with Crippen LogP contribution >= 0.6 is 0 Å². The number of para-hydroxylation sites is 1. The highest BCUT2D eigenvalue weighted by Gasteiger charge is 2.03. The number of rotatable bonds is 6. The lowest BCUT2D eigenvalue weighted by Crippen LogP contribution is -2.26. The van der Waals surface area contributed by atoms with E-state index in [9.17, 15) is 9.59 Å². The van der Waals surface area contributed by atoms with Crippen molar-refractivity contribution in [3.63, 3.8) is 0 Å². The molecular formula is C20H22N2O2. The van der Waals surface area contributed by atoms with Crippen LogP contribution in [0.1, 0.15) is 23.1 Å². The summed E-state index contributed by atoms with van der Waals surface area (Å²) in [6, 6.07) is 15.3. The number of aryl methyl sites for hydroxylation is 2. The van der Waals surface area contributed by atoms with Crippen molar-refractivity contribution in [2.45, 2.75) is 20.3 Å². The molecule has 0 aromatic heterocycles. The first-order chi connectivity index (χ1) is 11.5. The van der Waals surface area contributed by atoms with Gasteiger partial charge < -0.3 is 10.6 Å². The molecule has 0 saturated carbocycles. The Morgan fingerprint density at radius 2 is 1.79 bits per heavy atom. The van der Waals surface area contributed by atoms with Crippen LogP contribution in [0.4, 0.5) is 5.69 Å². The first-order valence-electron chi connectivity index (χ1n) is 7.92. The molecule has 2 N–H and O–H groups in total. The average Bonchev–Trinajstić information content (AvgIpc) is 2.55. The molecule has 124 valence electrons. The number of hydrogen-bond donors (Lipinski definition) is 2. The van der Waals surface area contributed by atoms with E-state index in [1.165, 1.54) is 11.6 Å². The van der Waals surface area contributed by atoms with Crippen LogP contribution in [0.3, 0.4) is 0 Å². The first-order valence-corrected chi connectivity index (χ1v) is 7.92. The van der Waals surface area contributed by atoms with Crippen LogP contribution in [-0.4, -0.2) is 18.4 Å². The Morgan fingerprint density at radius 3 is 2.50 bits per heavy atom. The standard InChI is InChI=1S/C20H22N2O2/c1-15-8-9-17(16(2)14-15)10-11-19(23)21-13-12-20(24)22-18-6-4-3-5-7-18/h3-11,14H,12-13H2,1-2H3,(H,21,23)(H,22,24)/b11-10+. The van der Waals surface area contributed by atoms with Crippen molar-refractivity contribution < 1.29 is 9.59 Å². The van der Waals surface area contributed by atoms with Crippen LogP contribution < -0.4 is 10.6 Å². The van der Waals surface area contributed by atoms with E-state index in [2.05, 4.69) is 16.7 Å². The Hall–Kier alpha value is -2.88. The molecule has 24 heavy (non-hydrogen) atoms. The number of benzene rings is 2. The summed E-state index contributed by atoms with van der Waals surface area (Å²) < 4.78 is 0. The maximum Gasteiger partial charge on any atom is 0.244 e. The molecule has 0 spiro atoms. The molecule has 0 unspecified atom stereocenters. The van der Waals surface area contributed by atoms with E-state index in [1.807, 2.05) is 56.3 Å². The lowest BCUT2D eigenvalue weighted by molar-refractivity contribution is -0.117. The lowest BCUT2D eigenvalue weighted by Gasteiger charge is -2.05. The number of amides is 2. The average molecular weight is 322 g/mol. The van der Waals surface area contributed by atoms with Gasteiger partial charge in [-0.1, -0.05) is 42.0 Å². The topological polar surface area (TPSA) is 58.2 Å². The van der Waals surface area contributed by atoms with Crippen molar-refractivity contribution >= 4 is 23.6 Å². The molecule has 0 bridgehead atoms. The number of nitrogens with one attached hydrogen (secondary N) is 2. The highest BCUT2D eigenvalue weighted by Crippen LogP contribution is 2.12. The molecule has 0 aliphatic rings. The summed E-state index contributed by atoms with van der Waals surface area (Å²) in [5.41, 5.74) is 4.08. The van der Waals surface area contributed by atoms with E-state index in [-0.39, 0.29) is 18.2 Å². The van der Waals surface area contributed by atoms with Crippen molar-refractivity contribution in [2.24, 2.45) is 0 Å². The van der Waals surface area contributed by atoms with Gasteiger partial charge in [-0.2, -0.15) is 0 Å². The van der Waals surface area contributed by atoms with Gasteiger partial charge in [0.1, 0.15) is 0 Å². The van der Waals surface area contributed by atoms with Gasteiger partial charge in [-0.25, -0.2) is 0 Å². The van der Waals surface area contributed by atoms with Crippen molar-refractivity contribution in [3.8, 4) is 0 Å². The van der Waals surface area contributed by atoms with Gasteiger partial charge in [-0.3, -0.25) is 9.59 Å². The molecular weight excluding hydrogens is 300 g/mol. The van der Waals surface area contributed by atoms with Gasteiger partial charge in [-0.05, 0) is 43.2 Å². The van der Waals surface area contributed by atoms with E-state index in [0.717, 1.165) is 16.8 Å². The fourth-order valence-electron chi connectivity index (χ4n) is 2.28. The largest absolute Gasteiger partial charge is 0.352 e. The first kappa shape index (κ1) is 17.5. The molecule has 0 fully saturated rings. The zero-order valence-electron chi connectivity index (χ0n) is 14.0. The molecule has 2 rings (SSSR count). The third-order valence-electron chi connectivity index (χ3n) is 3.55. The van der Waals surface area contributed by atoms with E-state index < -0.39 is 0 Å². The Labute approximate surface area is 142 Å². The minimum absolute atomic E-state index is 0.125. The van der Waals surface area contributed by atoms with Gasteiger partial charge in [-0.15, -0.1) is 0 Å². The van der Waals surface area contributed by atoms with E-state index in [0.29, 0.717) is 6.54 Å². The normalized spacial score (nSPS) is 10.6. The minimum atomic E-state index is -0.206. The molecule has 4 nitrogen and oxygen atoms in total. The van der Waals surface area contributed by atoms with E-state index >= 15 is 0 Å². The number of carbonyl (C=O) groups is 2. The maximum atomic E-state index is 11.8. The zero-order valence-corrected chi connectivity index (χ0v) is 14.0. The maximum absolute atomic E-state index is 11.8. The molecule has 0 radical (unpaired) electrons. The summed E-state index contributed by atoms with van der Waals surface area (Å²) in [5.74, 6) is -0.331. The van der Waals surface area contributed by atoms with Gasteiger partial charge >= 0.3 is 0 Å². The molecule has 2 aromatic rings. The van der Waals surface area contributed by atoms with E-state index in [4.69, 9.17) is 0 Å². The lowest BCUT2D eigenvalue weighted by atomic mass is 10.1. The van der Waals surface area contributed by atoms with Gasteiger partial charge in [0, 0.05) is 24.7 Å². The minimum Gasteiger partial charge on any atom is -0.352 e. The van der Waals surface area contributed by atoms with Crippen LogP contribution in [0.25, 0.3) is 6.08 Å². The second-order valence-corrected chi connectivity index (χ2v) is 5.65. The Balaban J connectivity index is 1.75. The molecule has 0 saturated heterocycles. The number of anilines is 1. The summed E-state index contributed by atoms with van der Waals surface area (Å²) in [6.45, 7) is 4.35. The van der Waals surface area contributed by atoms with Crippen LogP contribution in [0.2, 0.25) is 0 Å². The van der Waals surface area contributed by atoms with Crippen molar-refractivity contribution in [3.05, 3.63) is 71.3 Å². The Bertz CT molecular complexity index is 737. The van der Waals surface area contributed by atoms with Crippen molar-refractivity contribution in [1.29, 1.82) is 0 Å². The molecule has 0 heterocycles. The monoisotopic (exact) mass is 322 g/mol. The van der Waals surface area contributed by atoms with Gasteiger partial charge in [0.15, 0.2) is 0 Å². The SMILES string of the molecule is Cc1ccc(/C=C/C(=O)NCCC(=O)Nc2ccccc2)c(C)c1. The van der Waals surface area contributed by atoms with Gasteiger partial charge in [0.2, 0.25) is 11.8 Å². The van der Waals surface area contributed by atoms with E-state index in [1.54, 1.807) is 6.08 Å². The number of carbonyl (C=O) groups excluding carboxylic acids is 2. The predicted molar refractivity (Wildman–Crippen MR) is 97.6 cm³/mol. The van der Waals surface area contributed by atoms with Crippen LogP contribution in [-0.2, 0) is 9.59 Å². The highest BCUT2D eigenvalue weighted by atomic mass is 16.2. The summed E-state index contributed by atoms with van der Waals surface area (Å²) >= 11 is 0. The smallest absolute Gasteiger partial charge is 0.244 e. The second-order valence-electron chi connectivity index (χ2n) is 5.65. The van der Waals surface area contributed by atoms with Crippen LogP contribution in [0.15, 0.2) is 54.6 Å². The number of hydrogen-bond acceptors (Lipinski definition) is 2. The molecule has 2 amide bonds. The highest BCUT2D eigenvalue weighted by molar-refractivity contribution is 5.93. The third-order valence-corrected chi connectivity index (χ3v) is 3.55. The van der Waals surface area contributed by atoms with Crippen LogP contribution in [0, 0.1) is 13.8 Å². The molecule has 2 aromatic carbocycles. The molecule has 4 heteroatoms. The fourth-order valence-corrected chi connectivity index (χ4v) is 2.28. The predicted octanol–water partition coefficient (Wildman–Crippen LogP) is 3.46. The molecule has 0 aliphatic carbocycles. The van der Waals surface area contributed by atoms with Crippen molar-refractivity contribution in [2.75, 3.05) is 11.9 Å². The second kappa shape index (κ2) is 8.67. The summed E-state index contributed by atoms with van der Waals surface area (Å²) in [4.78, 5) is 23.6. The summed E-state index contributed by atoms with van der Waals surface area (Å²) in [7, 11) is 0. The Kier molecular flexibility index (Phi) is 6.32. The molecule has 0 atom stereocenters. The summed E-state index contributed by atoms with van der Waals surface area (Å²) in [6.07, 6.45) is 3.51. The zero-order chi connectivity index (χ0) is 17.4. The Morgan fingerprint density at radius 1 is 1.04 bits per heavy atom. The van der Waals surface area contributed by atoms with Gasteiger partial charge in [0.25, 0.3) is 0 Å². The fraction of sp³-hybridized carbons (Fsp3) is 0.200. The molecule has 0 aliphatic heterocycles. The van der Waals surface area contributed by atoms with Gasteiger partial charge in [0.05, 0.1) is 0 Å². The van der Waals surface area contributed by atoms with Crippen molar-refractivity contribution in [1.82, 2.24) is 5.32 Å². The van der Waals surface area contributed by atoms with Crippen LogP contribution in [0.5, 0.6) is 0 Å². The quantitative estimate of drug-likeness (QED) is 0.800.